The first-order chi connectivity index (χ1) is 9.77. The zero-order chi connectivity index (χ0) is 13.9. The highest BCUT2D eigenvalue weighted by Crippen LogP contribution is 2.29. The molecule has 1 unspecified atom stereocenters. The summed E-state index contributed by atoms with van der Waals surface area (Å²) in [6, 6.07) is 20.1. The number of pyridine rings is 1. The normalized spacial score (nSPS) is 10.5. The molecule has 0 saturated carbocycles. The quantitative estimate of drug-likeness (QED) is 0.631. The van der Waals surface area contributed by atoms with Gasteiger partial charge >= 0.3 is 0 Å². The Morgan fingerprint density at radius 1 is 0.800 bits per heavy atom. The molecule has 0 spiro atoms. The van der Waals surface area contributed by atoms with Gasteiger partial charge in [-0.15, -0.1) is 9.24 Å². The minimum atomic E-state index is 0.683. The van der Waals surface area contributed by atoms with Crippen LogP contribution in [0.25, 0.3) is 22.4 Å². The molecule has 3 rings (SSSR count). The molecule has 2 aromatic carbocycles. The SMILES string of the molecule is Pc1c(-c2ccccc2)cnc(-c2ccccc2)c1Cl. The maximum atomic E-state index is 6.50. The number of benzene rings is 2. The molecule has 1 aromatic heterocycles. The summed E-state index contributed by atoms with van der Waals surface area (Å²) < 4.78 is 0. The van der Waals surface area contributed by atoms with Crippen molar-refractivity contribution in [2.45, 2.75) is 0 Å². The Bertz CT molecular complexity index is 662. The van der Waals surface area contributed by atoms with E-state index < -0.39 is 0 Å². The van der Waals surface area contributed by atoms with E-state index in [2.05, 4.69) is 26.4 Å². The summed E-state index contributed by atoms with van der Waals surface area (Å²) in [5.74, 6) is 0. The summed E-state index contributed by atoms with van der Waals surface area (Å²) in [4.78, 5) is 4.54. The maximum absolute atomic E-state index is 6.50. The molecule has 0 amide bonds. The zero-order valence-corrected chi connectivity index (χ0v) is 12.7. The lowest BCUT2D eigenvalue weighted by Crippen LogP contribution is -2.03. The molecule has 0 aliphatic carbocycles. The Balaban J connectivity index is 2.13. The predicted molar refractivity (Wildman–Crippen MR) is 89.5 cm³/mol. The van der Waals surface area contributed by atoms with Gasteiger partial charge in [-0.2, -0.15) is 0 Å². The summed E-state index contributed by atoms with van der Waals surface area (Å²) in [5.41, 5.74) is 4.00. The predicted octanol–water partition coefficient (Wildman–Crippen LogP) is 4.57. The smallest absolute Gasteiger partial charge is 0.0894 e. The summed E-state index contributed by atoms with van der Waals surface area (Å²) in [5, 5.41) is 1.66. The Hall–Kier alpha value is -1.69. The first-order valence-electron chi connectivity index (χ1n) is 6.32. The monoisotopic (exact) mass is 297 g/mol. The highest BCUT2D eigenvalue weighted by atomic mass is 35.5. The molecule has 0 aliphatic rings. The minimum Gasteiger partial charge on any atom is -0.254 e. The molecule has 3 heteroatoms. The Labute approximate surface area is 125 Å². The largest absolute Gasteiger partial charge is 0.254 e. The first-order valence-corrected chi connectivity index (χ1v) is 7.27. The molecule has 0 saturated heterocycles. The third-order valence-electron chi connectivity index (χ3n) is 3.19. The van der Waals surface area contributed by atoms with Crippen molar-refractivity contribution in [2.75, 3.05) is 0 Å². The van der Waals surface area contributed by atoms with Gasteiger partial charge in [-0.3, -0.25) is 4.98 Å². The second-order valence-electron chi connectivity index (χ2n) is 4.48. The van der Waals surface area contributed by atoms with Crippen molar-refractivity contribution in [1.29, 1.82) is 0 Å². The average molecular weight is 298 g/mol. The summed E-state index contributed by atoms with van der Waals surface area (Å²) >= 11 is 6.50. The van der Waals surface area contributed by atoms with Gasteiger partial charge in [-0.1, -0.05) is 72.3 Å². The lowest BCUT2D eigenvalue weighted by Gasteiger charge is -2.11. The Morgan fingerprint density at radius 3 is 1.95 bits per heavy atom. The maximum Gasteiger partial charge on any atom is 0.0894 e. The van der Waals surface area contributed by atoms with E-state index in [0.29, 0.717) is 5.02 Å². The standard InChI is InChI=1S/C17H13ClNP/c18-15-16(13-9-5-2-6-10-13)19-11-14(17(15)20)12-7-3-1-4-8-12/h1-11H,20H2. The number of hydrogen-bond donors (Lipinski definition) is 0. The number of halogens is 1. The number of hydrogen-bond acceptors (Lipinski definition) is 1. The van der Waals surface area contributed by atoms with Gasteiger partial charge in [0.2, 0.25) is 0 Å². The van der Waals surface area contributed by atoms with E-state index in [4.69, 9.17) is 11.6 Å². The lowest BCUT2D eigenvalue weighted by molar-refractivity contribution is 1.34. The van der Waals surface area contributed by atoms with Gasteiger partial charge in [-0.25, -0.2) is 0 Å². The van der Waals surface area contributed by atoms with Crippen molar-refractivity contribution in [2.24, 2.45) is 0 Å². The zero-order valence-electron chi connectivity index (χ0n) is 10.8. The van der Waals surface area contributed by atoms with Crippen LogP contribution in [0.2, 0.25) is 5.02 Å². The van der Waals surface area contributed by atoms with Gasteiger partial charge in [0.25, 0.3) is 0 Å². The number of rotatable bonds is 2. The van der Waals surface area contributed by atoms with E-state index >= 15 is 0 Å². The van der Waals surface area contributed by atoms with E-state index in [1.165, 1.54) is 0 Å². The molecular formula is C17H13ClNP. The van der Waals surface area contributed by atoms with Crippen molar-refractivity contribution in [3.05, 3.63) is 71.9 Å². The van der Waals surface area contributed by atoms with Gasteiger partial charge < -0.3 is 0 Å². The van der Waals surface area contributed by atoms with Crippen LogP contribution in [-0.2, 0) is 0 Å². The summed E-state index contributed by atoms with van der Waals surface area (Å²) in [7, 11) is 2.73. The second-order valence-corrected chi connectivity index (χ2v) is 5.44. The van der Waals surface area contributed by atoms with Gasteiger partial charge in [0, 0.05) is 17.3 Å². The first kappa shape index (κ1) is 13.3. The molecule has 1 atom stereocenters. The average Bonchev–Trinajstić information content (AvgIpc) is 2.52. The number of aromatic nitrogens is 1. The van der Waals surface area contributed by atoms with E-state index in [-0.39, 0.29) is 0 Å². The second kappa shape index (κ2) is 5.75. The third kappa shape index (κ3) is 2.47. The number of nitrogens with zero attached hydrogens (tertiary/aromatic N) is 1. The fraction of sp³-hybridized carbons (Fsp3) is 0. The molecule has 3 aromatic rings. The molecule has 1 heterocycles. The third-order valence-corrected chi connectivity index (χ3v) is 4.35. The van der Waals surface area contributed by atoms with Crippen LogP contribution in [0.15, 0.2) is 66.9 Å². The Kier molecular flexibility index (Phi) is 3.82. The van der Waals surface area contributed by atoms with Crippen LogP contribution in [0.1, 0.15) is 0 Å². The van der Waals surface area contributed by atoms with E-state index in [1.54, 1.807) is 0 Å². The summed E-state index contributed by atoms with van der Waals surface area (Å²) in [6.07, 6.45) is 1.88. The van der Waals surface area contributed by atoms with Gasteiger partial charge in [0.1, 0.15) is 0 Å². The van der Waals surface area contributed by atoms with Crippen LogP contribution in [0.3, 0.4) is 0 Å². The fourth-order valence-electron chi connectivity index (χ4n) is 2.15. The minimum absolute atomic E-state index is 0.683. The van der Waals surface area contributed by atoms with Crippen molar-refractivity contribution < 1.29 is 0 Å². The van der Waals surface area contributed by atoms with Gasteiger partial charge in [0.05, 0.1) is 10.7 Å². The topological polar surface area (TPSA) is 12.9 Å². The van der Waals surface area contributed by atoms with Crippen LogP contribution in [-0.4, -0.2) is 4.98 Å². The van der Waals surface area contributed by atoms with E-state index in [9.17, 15) is 0 Å². The van der Waals surface area contributed by atoms with Crippen LogP contribution in [0, 0.1) is 0 Å². The highest BCUT2D eigenvalue weighted by Gasteiger charge is 2.12. The molecule has 0 N–H and O–H groups in total. The van der Waals surface area contributed by atoms with Crippen LogP contribution >= 0.6 is 20.8 Å². The van der Waals surface area contributed by atoms with Gasteiger partial charge in [0.15, 0.2) is 0 Å². The molecule has 0 aliphatic heterocycles. The molecule has 0 fully saturated rings. The molecule has 98 valence electrons. The fourth-order valence-corrected chi connectivity index (χ4v) is 2.78. The molecule has 20 heavy (non-hydrogen) atoms. The van der Waals surface area contributed by atoms with Crippen molar-refractivity contribution in [1.82, 2.24) is 4.98 Å². The van der Waals surface area contributed by atoms with Crippen LogP contribution in [0.5, 0.6) is 0 Å². The van der Waals surface area contributed by atoms with Crippen LogP contribution in [0.4, 0.5) is 0 Å². The van der Waals surface area contributed by atoms with Crippen molar-refractivity contribution in [3.8, 4) is 22.4 Å². The summed E-state index contributed by atoms with van der Waals surface area (Å²) in [6.45, 7) is 0. The lowest BCUT2D eigenvalue weighted by atomic mass is 10.1. The molecule has 0 radical (unpaired) electrons. The van der Waals surface area contributed by atoms with E-state index in [0.717, 1.165) is 27.7 Å². The molecule has 1 nitrogen and oxygen atoms in total. The Morgan fingerprint density at radius 2 is 1.35 bits per heavy atom. The van der Waals surface area contributed by atoms with Gasteiger partial charge in [-0.05, 0) is 10.9 Å². The van der Waals surface area contributed by atoms with Crippen LogP contribution < -0.4 is 5.30 Å². The van der Waals surface area contributed by atoms with E-state index in [1.807, 2.05) is 54.7 Å². The van der Waals surface area contributed by atoms with Crippen molar-refractivity contribution in [3.63, 3.8) is 0 Å². The molecule has 0 bridgehead atoms. The highest BCUT2D eigenvalue weighted by molar-refractivity contribution is 7.28. The van der Waals surface area contributed by atoms with Crippen molar-refractivity contribution >= 4 is 26.1 Å². The molecular weight excluding hydrogens is 285 g/mol.